The Morgan fingerprint density at radius 2 is 2.14 bits per heavy atom. The maximum atomic E-state index is 13.3. The van der Waals surface area contributed by atoms with E-state index in [1.54, 1.807) is 48.4 Å². The number of fused-ring (bicyclic) bond motifs is 1. The van der Waals surface area contributed by atoms with Crippen LogP contribution in [0.5, 0.6) is 11.5 Å². The highest BCUT2D eigenvalue weighted by Gasteiger charge is 2.34. The van der Waals surface area contributed by atoms with Crippen molar-refractivity contribution in [2.45, 2.75) is 13.0 Å². The van der Waals surface area contributed by atoms with E-state index in [9.17, 15) is 4.79 Å². The van der Waals surface area contributed by atoms with Gasteiger partial charge in [-0.3, -0.25) is 4.79 Å². The van der Waals surface area contributed by atoms with Gasteiger partial charge in [-0.1, -0.05) is 6.07 Å². The number of ether oxygens (including phenoxy) is 2. The number of carbonyl (C=O) groups excluding carboxylic acids is 1. The number of nitrogens with one attached hydrogen (secondary N) is 2. The molecule has 0 aliphatic carbocycles. The number of aromatic nitrogens is 3. The van der Waals surface area contributed by atoms with Crippen LogP contribution in [-0.2, 0) is 4.79 Å². The second-order valence-corrected chi connectivity index (χ2v) is 7.11. The van der Waals surface area contributed by atoms with Crippen LogP contribution in [0.3, 0.4) is 0 Å². The molecule has 1 aliphatic rings. The molecule has 4 rings (SSSR count). The maximum Gasteiger partial charge on any atom is 0.256 e. The highest BCUT2D eigenvalue weighted by Crippen LogP contribution is 2.38. The third-order valence-electron chi connectivity index (χ3n) is 4.51. The van der Waals surface area contributed by atoms with E-state index >= 15 is 0 Å². The predicted octanol–water partition coefficient (Wildman–Crippen LogP) is 3.28. The Hall–Kier alpha value is -3.33. The number of methoxy groups -OCH3 is 2. The minimum Gasteiger partial charge on any atom is -0.497 e. The standard InChI is InChI=1S/C19H19N5O3S/c1-11-16(18(25)23-13-9-12(26-2)6-7-14(13)27-3)17(15-5-4-8-28-15)24-19(22-11)20-10-21-24/h4-10,17H,1-3H3,(H,23,25)(H,20,21,22)/t17-/m1/s1. The van der Waals surface area contributed by atoms with Gasteiger partial charge >= 0.3 is 0 Å². The number of amides is 1. The van der Waals surface area contributed by atoms with Gasteiger partial charge in [0.15, 0.2) is 0 Å². The van der Waals surface area contributed by atoms with Crippen LogP contribution in [0.4, 0.5) is 11.6 Å². The van der Waals surface area contributed by atoms with Gasteiger partial charge < -0.3 is 20.1 Å². The van der Waals surface area contributed by atoms with E-state index in [0.717, 1.165) is 10.6 Å². The van der Waals surface area contributed by atoms with Crippen LogP contribution < -0.4 is 20.1 Å². The van der Waals surface area contributed by atoms with Crippen molar-refractivity contribution in [2.75, 3.05) is 24.9 Å². The Balaban J connectivity index is 1.74. The number of hydrogen-bond acceptors (Lipinski definition) is 7. The lowest BCUT2D eigenvalue weighted by molar-refractivity contribution is -0.113. The van der Waals surface area contributed by atoms with Crippen LogP contribution in [-0.4, -0.2) is 34.9 Å². The molecule has 0 radical (unpaired) electrons. The lowest BCUT2D eigenvalue weighted by Gasteiger charge is -2.28. The summed E-state index contributed by atoms with van der Waals surface area (Å²) in [5, 5.41) is 12.4. The summed E-state index contributed by atoms with van der Waals surface area (Å²) >= 11 is 1.56. The van der Waals surface area contributed by atoms with Crippen LogP contribution >= 0.6 is 11.3 Å². The molecule has 2 aromatic heterocycles. The highest BCUT2D eigenvalue weighted by atomic mass is 32.1. The number of thiophene rings is 1. The van der Waals surface area contributed by atoms with E-state index < -0.39 is 0 Å². The van der Waals surface area contributed by atoms with Crippen LogP contribution in [0.1, 0.15) is 17.8 Å². The molecule has 0 fully saturated rings. The number of carbonyl (C=O) groups is 1. The molecule has 0 saturated heterocycles. The monoisotopic (exact) mass is 397 g/mol. The van der Waals surface area contributed by atoms with E-state index in [2.05, 4.69) is 20.7 Å². The van der Waals surface area contributed by atoms with Crippen LogP contribution in [0, 0.1) is 0 Å². The maximum absolute atomic E-state index is 13.3. The Kier molecular flexibility index (Phi) is 4.74. The van der Waals surface area contributed by atoms with Gasteiger partial charge in [0, 0.05) is 16.6 Å². The fraction of sp³-hybridized carbons (Fsp3) is 0.211. The lowest BCUT2D eigenvalue weighted by Crippen LogP contribution is -2.31. The van der Waals surface area contributed by atoms with Gasteiger partial charge in [0.25, 0.3) is 5.91 Å². The van der Waals surface area contributed by atoms with Gasteiger partial charge in [-0.05, 0) is 30.5 Å². The molecular formula is C19H19N5O3S. The molecule has 1 aliphatic heterocycles. The Bertz CT molecular complexity index is 1040. The number of hydrogen-bond donors (Lipinski definition) is 2. The van der Waals surface area contributed by atoms with Crippen molar-refractivity contribution in [3.05, 3.63) is 58.2 Å². The largest absolute Gasteiger partial charge is 0.497 e. The normalized spacial score (nSPS) is 15.6. The summed E-state index contributed by atoms with van der Waals surface area (Å²) in [7, 11) is 3.13. The zero-order chi connectivity index (χ0) is 19.7. The smallest absolute Gasteiger partial charge is 0.256 e. The van der Waals surface area contributed by atoms with Crippen molar-refractivity contribution in [1.29, 1.82) is 0 Å². The molecule has 144 valence electrons. The number of rotatable bonds is 5. The summed E-state index contributed by atoms with van der Waals surface area (Å²) in [5.74, 6) is 1.52. The fourth-order valence-electron chi connectivity index (χ4n) is 3.20. The number of anilines is 2. The fourth-order valence-corrected chi connectivity index (χ4v) is 4.01. The Morgan fingerprint density at radius 3 is 2.86 bits per heavy atom. The summed E-state index contributed by atoms with van der Waals surface area (Å²) < 4.78 is 12.4. The van der Waals surface area contributed by atoms with E-state index in [4.69, 9.17) is 9.47 Å². The molecule has 0 bridgehead atoms. The van der Waals surface area contributed by atoms with Crippen molar-refractivity contribution in [1.82, 2.24) is 14.8 Å². The first-order chi connectivity index (χ1) is 13.6. The van der Waals surface area contributed by atoms with Crippen LogP contribution in [0.2, 0.25) is 0 Å². The molecule has 3 heterocycles. The SMILES string of the molecule is COc1ccc(OC)c(NC(=O)C2=C(C)Nc3ncnn3[C@@H]2c2cccs2)c1. The minimum atomic E-state index is -0.365. The topological polar surface area (TPSA) is 90.3 Å². The predicted molar refractivity (Wildman–Crippen MR) is 107 cm³/mol. The van der Waals surface area contributed by atoms with Crippen molar-refractivity contribution >= 4 is 28.9 Å². The summed E-state index contributed by atoms with van der Waals surface area (Å²) in [6.07, 6.45) is 1.47. The zero-order valence-electron chi connectivity index (χ0n) is 15.6. The van der Waals surface area contributed by atoms with Crippen molar-refractivity contribution in [2.24, 2.45) is 0 Å². The zero-order valence-corrected chi connectivity index (χ0v) is 16.4. The highest BCUT2D eigenvalue weighted by molar-refractivity contribution is 7.10. The Labute approximate surface area is 165 Å². The quantitative estimate of drug-likeness (QED) is 0.687. The third kappa shape index (κ3) is 3.09. The summed E-state index contributed by atoms with van der Waals surface area (Å²) in [6.45, 7) is 1.86. The molecule has 28 heavy (non-hydrogen) atoms. The molecule has 0 spiro atoms. The van der Waals surface area contributed by atoms with Crippen molar-refractivity contribution in [3.63, 3.8) is 0 Å². The van der Waals surface area contributed by atoms with Crippen molar-refractivity contribution in [3.8, 4) is 11.5 Å². The van der Waals surface area contributed by atoms with Gasteiger partial charge in [-0.2, -0.15) is 10.1 Å². The second-order valence-electron chi connectivity index (χ2n) is 6.13. The van der Waals surface area contributed by atoms with Gasteiger partial charge in [0.1, 0.15) is 23.9 Å². The van der Waals surface area contributed by atoms with Crippen LogP contribution in [0.25, 0.3) is 0 Å². The molecule has 1 amide bonds. The molecule has 1 atom stereocenters. The molecule has 9 heteroatoms. The Morgan fingerprint density at radius 1 is 1.29 bits per heavy atom. The second kappa shape index (κ2) is 7.35. The van der Waals surface area contributed by atoms with E-state index in [1.165, 1.54) is 6.33 Å². The summed E-state index contributed by atoms with van der Waals surface area (Å²) in [4.78, 5) is 18.6. The lowest BCUT2D eigenvalue weighted by atomic mass is 10.0. The van der Waals surface area contributed by atoms with Crippen molar-refractivity contribution < 1.29 is 14.3 Å². The van der Waals surface area contributed by atoms with Gasteiger partial charge in [-0.15, -0.1) is 11.3 Å². The summed E-state index contributed by atoms with van der Waals surface area (Å²) in [5.41, 5.74) is 1.81. The summed E-state index contributed by atoms with van der Waals surface area (Å²) in [6, 6.07) is 8.82. The molecule has 0 saturated carbocycles. The third-order valence-corrected chi connectivity index (χ3v) is 5.43. The number of nitrogens with zero attached hydrogens (tertiary/aromatic N) is 3. The number of benzene rings is 1. The average molecular weight is 397 g/mol. The molecule has 1 aromatic carbocycles. The first-order valence-corrected chi connectivity index (χ1v) is 9.44. The molecule has 3 aromatic rings. The molecule has 0 unspecified atom stereocenters. The molecule has 2 N–H and O–H groups in total. The van der Waals surface area contributed by atoms with Crippen LogP contribution in [0.15, 0.2) is 53.3 Å². The van der Waals surface area contributed by atoms with E-state index in [1.807, 2.05) is 24.4 Å². The minimum absolute atomic E-state index is 0.254. The average Bonchev–Trinajstić information content (AvgIpc) is 3.38. The number of allylic oxidation sites excluding steroid dienone is 1. The molecule has 8 nitrogen and oxygen atoms in total. The first kappa shape index (κ1) is 18.1. The van der Waals surface area contributed by atoms with E-state index in [0.29, 0.717) is 28.7 Å². The van der Waals surface area contributed by atoms with Gasteiger partial charge in [0.2, 0.25) is 5.95 Å². The first-order valence-electron chi connectivity index (χ1n) is 8.56. The van der Waals surface area contributed by atoms with E-state index in [-0.39, 0.29) is 11.9 Å². The van der Waals surface area contributed by atoms with Gasteiger partial charge in [-0.25, -0.2) is 4.68 Å². The van der Waals surface area contributed by atoms with Gasteiger partial charge in [0.05, 0.1) is 25.5 Å². The molecular weight excluding hydrogens is 378 g/mol.